The van der Waals surface area contributed by atoms with Gasteiger partial charge >= 0.3 is 0 Å². The average Bonchev–Trinajstić information content (AvgIpc) is 2.47. The summed E-state index contributed by atoms with van der Waals surface area (Å²) >= 11 is 0. The summed E-state index contributed by atoms with van der Waals surface area (Å²) in [6.07, 6.45) is 6.95. The Balaban J connectivity index is 1.72. The number of fused-ring (bicyclic) bond motifs is 1. The highest BCUT2D eigenvalue weighted by Crippen LogP contribution is 2.29. The van der Waals surface area contributed by atoms with Gasteiger partial charge in [-0.1, -0.05) is 19.8 Å². The summed E-state index contributed by atoms with van der Waals surface area (Å²) < 4.78 is 0. The van der Waals surface area contributed by atoms with Crippen LogP contribution in [0.1, 0.15) is 32.6 Å². The van der Waals surface area contributed by atoms with E-state index in [-0.39, 0.29) is 0 Å². The number of anilines is 2. The van der Waals surface area contributed by atoms with E-state index in [4.69, 9.17) is 5.73 Å². The molecule has 20 heavy (non-hydrogen) atoms. The van der Waals surface area contributed by atoms with Crippen LogP contribution in [0.3, 0.4) is 0 Å². The van der Waals surface area contributed by atoms with Crippen LogP contribution in [0.4, 0.5) is 11.5 Å². The predicted molar refractivity (Wildman–Crippen MR) is 83.6 cm³/mol. The molecule has 0 spiro atoms. The lowest BCUT2D eigenvalue weighted by Gasteiger charge is -2.26. The third-order valence-electron chi connectivity index (χ3n) is 4.35. The van der Waals surface area contributed by atoms with E-state index >= 15 is 0 Å². The lowest BCUT2D eigenvalue weighted by Crippen LogP contribution is -2.20. The molecule has 0 radical (unpaired) electrons. The molecule has 1 aromatic carbocycles. The minimum atomic E-state index is 0.752. The molecule has 106 valence electrons. The van der Waals surface area contributed by atoms with Gasteiger partial charge in [-0.05, 0) is 42.9 Å². The van der Waals surface area contributed by atoms with Crippen molar-refractivity contribution in [2.75, 3.05) is 17.6 Å². The Hall–Kier alpha value is -1.84. The van der Waals surface area contributed by atoms with Gasteiger partial charge in [0.2, 0.25) is 0 Å². The van der Waals surface area contributed by atoms with Crippen LogP contribution in [0.15, 0.2) is 24.5 Å². The number of hydrogen-bond acceptors (Lipinski definition) is 4. The second-order valence-electron chi connectivity index (χ2n) is 6.01. The van der Waals surface area contributed by atoms with E-state index in [1.165, 1.54) is 25.7 Å². The van der Waals surface area contributed by atoms with Crippen LogP contribution in [0.5, 0.6) is 0 Å². The van der Waals surface area contributed by atoms with Gasteiger partial charge in [0.05, 0.1) is 5.52 Å². The number of hydrogen-bond donors (Lipinski definition) is 2. The second kappa shape index (κ2) is 5.65. The zero-order valence-electron chi connectivity index (χ0n) is 12.0. The molecule has 1 fully saturated rings. The Kier molecular flexibility index (Phi) is 3.72. The lowest BCUT2D eigenvalue weighted by atomic mass is 9.83. The van der Waals surface area contributed by atoms with Crippen LogP contribution in [-0.4, -0.2) is 16.5 Å². The molecule has 3 rings (SSSR count). The summed E-state index contributed by atoms with van der Waals surface area (Å²) in [6.45, 7) is 3.35. The van der Waals surface area contributed by atoms with E-state index in [2.05, 4.69) is 22.2 Å². The molecule has 0 unspecified atom stereocenters. The van der Waals surface area contributed by atoms with E-state index in [0.29, 0.717) is 0 Å². The Labute approximate surface area is 119 Å². The van der Waals surface area contributed by atoms with E-state index in [9.17, 15) is 0 Å². The summed E-state index contributed by atoms with van der Waals surface area (Å²) in [4.78, 5) is 8.65. The topological polar surface area (TPSA) is 63.8 Å². The highest BCUT2D eigenvalue weighted by molar-refractivity contribution is 5.91. The van der Waals surface area contributed by atoms with Gasteiger partial charge in [-0.25, -0.2) is 9.97 Å². The molecular weight excluding hydrogens is 248 g/mol. The van der Waals surface area contributed by atoms with Gasteiger partial charge in [0.1, 0.15) is 12.1 Å². The molecule has 0 atom stereocenters. The van der Waals surface area contributed by atoms with Gasteiger partial charge in [-0.15, -0.1) is 0 Å². The van der Waals surface area contributed by atoms with Crippen molar-refractivity contribution < 1.29 is 0 Å². The number of rotatable bonds is 3. The lowest BCUT2D eigenvalue weighted by molar-refractivity contribution is 0.300. The molecular formula is C16H22N4. The van der Waals surface area contributed by atoms with Crippen LogP contribution < -0.4 is 11.1 Å². The van der Waals surface area contributed by atoms with Gasteiger partial charge < -0.3 is 11.1 Å². The molecule has 1 heterocycles. The molecule has 0 amide bonds. The standard InChI is InChI=1S/C16H22N4/c1-11-2-4-12(5-3-11)9-18-16-14-8-13(17)6-7-15(14)19-10-20-16/h6-8,10-12H,2-5,9,17H2,1H3,(H,18,19,20). The van der Waals surface area contributed by atoms with Gasteiger partial charge in [-0.2, -0.15) is 0 Å². The highest BCUT2D eigenvalue weighted by atomic mass is 15.0. The molecule has 0 saturated heterocycles. The zero-order chi connectivity index (χ0) is 13.9. The zero-order valence-corrected chi connectivity index (χ0v) is 12.0. The van der Waals surface area contributed by atoms with Crippen molar-refractivity contribution in [3.63, 3.8) is 0 Å². The third kappa shape index (κ3) is 2.84. The Morgan fingerprint density at radius 2 is 2.00 bits per heavy atom. The van der Waals surface area contributed by atoms with Crippen molar-refractivity contribution >= 4 is 22.4 Å². The summed E-state index contributed by atoms with van der Waals surface area (Å²) in [5, 5.41) is 4.50. The molecule has 1 aromatic heterocycles. The Morgan fingerprint density at radius 3 is 2.80 bits per heavy atom. The Morgan fingerprint density at radius 1 is 1.20 bits per heavy atom. The van der Waals surface area contributed by atoms with Crippen LogP contribution >= 0.6 is 0 Å². The maximum absolute atomic E-state index is 5.86. The fourth-order valence-corrected chi connectivity index (χ4v) is 2.99. The highest BCUT2D eigenvalue weighted by Gasteiger charge is 2.18. The van der Waals surface area contributed by atoms with Gasteiger partial charge in [0.15, 0.2) is 0 Å². The summed E-state index contributed by atoms with van der Waals surface area (Å²) in [6, 6.07) is 5.77. The van der Waals surface area contributed by atoms with E-state index in [1.807, 2.05) is 18.2 Å². The summed E-state index contributed by atoms with van der Waals surface area (Å²) in [5.41, 5.74) is 7.55. The molecule has 1 saturated carbocycles. The van der Waals surface area contributed by atoms with E-state index in [0.717, 1.165) is 40.8 Å². The second-order valence-corrected chi connectivity index (χ2v) is 6.01. The number of nitrogens with zero attached hydrogens (tertiary/aromatic N) is 2. The number of benzene rings is 1. The van der Waals surface area contributed by atoms with Crippen molar-refractivity contribution in [1.29, 1.82) is 0 Å². The maximum atomic E-state index is 5.86. The molecule has 2 aromatic rings. The maximum Gasteiger partial charge on any atom is 0.137 e. The van der Waals surface area contributed by atoms with Crippen molar-refractivity contribution in [3.05, 3.63) is 24.5 Å². The van der Waals surface area contributed by atoms with E-state index < -0.39 is 0 Å². The fourth-order valence-electron chi connectivity index (χ4n) is 2.99. The number of nitrogens with two attached hydrogens (primary N) is 1. The molecule has 1 aliphatic carbocycles. The monoisotopic (exact) mass is 270 g/mol. The first-order valence-electron chi connectivity index (χ1n) is 7.46. The van der Waals surface area contributed by atoms with Crippen LogP contribution in [0.2, 0.25) is 0 Å². The summed E-state index contributed by atoms with van der Waals surface area (Å²) in [7, 11) is 0. The molecule has 0 aliphatic heterocycles. The number of nitrogen functional groups attached to an aromatic ring is 1. The molecule has 1 aliphatic rings. The first kappa shape index (κ1) is 13.2. The quantitative estimate of drug-likeness (QED) is 0.838. The van der Waals surface area contributed by atoms with Crippen LogP contribution in [-0.2, 0) is 0 Å². The Bertz CT molecular complexity index is 588. The van der Waals surface area contributed by atoms with Crippen molar-refractivity contribution in [3.8, 4) is 0 Å². The molecule has 0 bridgehead atoms. The molecule has 3 N–H and O–H groups in total. The number of nitrogens with one attached hydrogen (secondary N) is 1. The van der Waals surface area contributed by atoms with Gasteiger partial charge in [0.25, 0.3) is 0 Å². The smallest absolute Gasteiger partial charge is 0.137 e. The SMILES string of the molecule is CC1CCC(CNc2ncnc3ccc(N)cc23)CC1. The largest absolute Gasteiger partial charge is 0.399 e. The van der Waals surface area contributed by atoms with E-state index in [1.54, 1.807) is 6.33 Å². The predicted octanol–water partition coefficient (Wildman–Crippen LogP) is 3.45. The van der Waals surface area contributed by atoms with Crippen LogP contribution in [0.25, 0.3) is 10.9 Å². The molecule has 4 nitrogen and oxygen atoms in total. The third-order valence-corrected chi connectivity index (χ3v) is 4.35. The van der Waals surface area contributed by atoms with Crippen molar-refractivity contribution in [1.82, 2.24) is 9.97 Å². The first-order valence-corrected chi connectivity index (χ1v) is 7.46. The normalized spacial score (nSPS) is 22.9. The number of aromatic nitrogens is 2. The minimum absolute atomic E-state index is 0.752. The first-order chi connectivity index (χ1) is 9.72. The fraction of sp³-hybridized carbons (Fsp3) is 0.500. The van der Waals surface area contributed by atoms with Crippen molar-refractivity contribution in [2.24, 2.45) is 11.8 Å². The average molecular weight is 270 g/mol. The van der Waals surface area contributed by atoms with Crippen molar-refractivity contribution in [2.45, 2.75) is 32.6 Å². The molecule has 4 heteroatoms. The van der Waals surface area contributed by atoms with Gasteiger partial charge in [0, 0.05) is 17.6 Å². The van der Waals surface area contributed by atoms with Crippen LogP contribution in [0, 0.1) is 11.8 Å². The van der Waals surface area contributed by atoms with Gasteiger partial charge in [-0.3, -0.25) is 0 Å². The minimum Gasteiger partial charge on any atom is -0.399 e. The summed E-state index contributed by atoms with van der Waals surface area (Å²) in [5.74, 6) is 2.56.